The lowest BCUT2D eigenvalue weighted by Crippen LogP contribution is -2.40. The highest BCUT2D eigenvalue weighted by Gasteiger charge is 2.24. The first kappa shape index (κ1) is 21.6. The Balaban J connectivity index is 2.10. The van der Waals surface area contributed by atoms with Gasteiger partial charge in [0.25, 0.3) is 0 Å². The van der Waals surface area contributed by atoms with Crippen LogP contribution in [0.25, 0.3) is 0 Å². The standard InChI is InChI=1S/C21H24N2O4S/c1-16-5-7-17(8-6-16)9-10-18-11-13-19(14-12-18)28(26,27)23-20(21(24)25)4-2-3-15-22/h5-8,11-14,20,23H,2-4,15,22H2,1H3,(H,24,25)/t20-/m1/s1. The Hall–Kier alpha value is -2.66. The Morgan fingerprint density at radius 2 is 1.57 bits per heavy atom. The van der Waals surface area contributed by atoms with E-state index in [0.717, 1.165) is 11.1 Å². The molecule has 0 aliphatic heterocycles. The van der Waals surface area contributed by atoms with Crippen LogP contribution in [0.5, 0.6) is 0 Å². The molecule has 0 saturated carbocycles. The summed E-state index contributed by atoms with van der Waals surface area (Å²) in [6.45, 7) is 2.43. The van der Waals surface area contributed by atoms with Crippen molar-refractivity contribution in [1.29, 1.82) is 0 Å². The highest BCUT2D eigenvalue weighted by molar-refractivity contribution is 7.89. The number of aliphatic carboxylic acids is 1. The third kappa shape index (κ3) is 6.50. The van der Waals surface area contributed by atoms with Gasteiger partial charge in [-0.05, 0) is 62.7 Å². The van der Waals surface area contributed by atoms with Gasteiger partial charge in [0.1, 0.15) is 6.04 Å². The van der Waals surface area contributed by atoms with Gasteiger partial charge in [-0.25, -0.2) is 8.42 Å². The Kier molecular flexibility index (Phi) is 7.76. The highest BCUT2D eigenvalue weighted by Crippen LogP contribution is 2.13. The fourth-order valence-electron chi connectivity index (χ4n) is 2.48. The van der Waals surface area contributed by atoms with Crippen molar-refractivity contribution in [2.24, 2.45) is 5.73 Å². The number of nitrogens with one attached hydrogen (secondary N) is 1. The molecule has 0 bridgehead atoms. The zero-order valence-corrected chi connectivity index (χ0v) is 16.5. The number of rotatable bonds is 8. The van der Waals surface area contributed by atoms with E-state index >= 15 is 0 Å². The van der Waals surface area contributed by atoms with Crippen LogP contribution >= 0.6 is 0 Å². The second-order valence-corrected chi connectivity index (χ2v) is 8.15. The average Bonchev–Trinajstić information content (AvgIpc) is 2.67. The summed E-state index contributed by atoms with van der Waals surface area (Å²) in [5.74, 6) is 4.79. The van der Waals surface area contributed by atoms with Crippen LogP contribution in [0.2, 0.25) is 0 Å². The van der Waals surface area contributed by atoms with Gasteiger partial charge in [-0.3, -0.25) is 4.79 Å². The summed E-state index contributed by atoms with van der Waals surface area (Å²) in [6, 6.07) is 12.6. The number of hydrogen-bond donors (Lipinski definition) is 3. The summed E-state index contributed by atoms with van der Waals surface area (Å²) in [4.78, 5) is 11.3. The summed E-state index contributed by atoms with van der Waals surface area (Å²) >= 11 is 0. The number of aryl methyl sites for hydroxylation is 1. The van der Waals surface area contributed by atoms with Crippen LogP contribution < -0.4 is 10.5 Å². The van der Waals surface area contributed by atoms with Crippen molar-refractivity contribution >= 4 is 16.0 Å². The molecule has 0 amide bonds. The molecule has 0 saturated heterocycles. The molecule has 4 N–H and O–H groups in total. The minimum absolute atomic E-state index is 0.00143. The molecule has 2 rings (SSSR count). The molecule has 0 aliphatic rings. The fourth-order valence-corrected chi connectivity index (χ4v) is 3.70. The van der Waals surface area contributed by atoms with E-state index < -0.39 is 22.0 Å². The second kappa shape index (κ2) is 10.0. The largest absolute Gasteiger partial charge is 0.480 e. The summed E-state index contributed by atoms with van der Waals surface area (Å²) in [6.07, 6.45) is 1.36. The zero-order valence-electron chi connectivity index (χ0n) is 15.7. The molecule has 2 aromatic rings. The van der Waals surface area contributed by atoms with Crippen LogP contribution in [0, 0.1) is 18.8 Å². The zero-order chi connectivity index (χ0) is 20.6. The lowest BCUT2D eigenvalue weighted by atomic mass is 10.1. The van der Waals surface area contributed by atoms with E-state index in [9.17, 15) is 18.3 Å². The summed E-state index contributed by atoms with van der Waals surface area (Å²) in [7, 11) is -3.94. The third-order valence-corrected chi connectivity index (χ3v) is 5.60. The van der Waals surface area contributed by atoms with Gasteiger partial charge in [0.2, 0.25) is 10.0 Å². The van der Waals surface area contributed by atoms with Crippen molar-refractivity contribution in [3.8, 4) is 11.8 Å². The van der Waals surface area contributed by atoms with Gasteiger partial charge in [-0.1, -0.05) is 36.0 Å². The molecule has 0 aliphatic carbocycles. The molecule has 0 heterocycles. The van der Waals surface area contributed by atoms with Crippen molar-refractivity contribution in [2.45, 2.75) is 37.1 Å². The van der Waals surface area contributed by atoms with Gasteiger partial charge in [0.15, 0.2) is 0 Å². The maximum absolute atomic E-state index is 12.5. The minimum Gasteiger partial charge on any atom is -0.480 e. The summed E-state index contributed by atoms with van der Waals surface area (Å²) < 4.78 is 27.2. The van der Waals surface area contributed by atoms with Crippen molar-refractivity contribution in [2.75, 3.05) is 6.54 Å². The number of carbonyl (C=O) groups is 1. The van der Waals surface area contributed by atoms with Crippen LogP contribution in [-0.2, 0) is 14.8 Å². The molecule has 2 aromatic carbocycles. The van der Waals surface area contributed by atoms with E-state index in [-0.39, 0.29) is 11.3 Å². The Morgan fingerprint density at radius 1 is 1.04 bits per heavy atom. The van der Waals surface area contributed by atoms with Gasteiger partial charge in [0, 0.05) is 11.1 Å². The smallest absolute Gasteiger partial charge is 0.321 e. The Labute approximate surface area is 165 Å². The second-order valence-electron chi connectivity index (χ2n) is 6.44. The monoisotopic (exact) mass is 400 g/mol. The molecule has 0 fully saturated rings. The number of carboxylic acids is 1. The molecule has 6 nitrogen and oxygen atoms in total. The number of unbranched alkanes of at least 4 members (excludes halogenated alkanes) is 1. The predicted molar refractivity (Wildman–Crippen MR) is 108 cm³/mol. The van der Waals surface area contributed by atoms with E-state index in [0.29, 0.717) is 24.9 Å². The van der Waals surface area contributed by atoms with Gasteiger partial charge in [-0.15, -0.1) is 0 Å². The minimum atomic E-state index is -3.94. The molecular weight excluding hydrogens is 376 g/mol. The molecular formula is C21H24N2O4S. The van der Waals surface area contributed by atoms with Crippen LogP contribution in [0.3, 0.4) is 0 Å². The molecule has 1 atom stereocenters. The number of hydrogen-bond acceptors (Lipinski definition) is 4. The molecule has 28 heavy (non-hydrogen) atoms. The van der Waals surface area contributed by atoms with Crippen LogP contribution in [0.15, 0.2) is 53.4 Å². The van der Waals surface area contributed by atoms with E-state index in [2.05, 4.69) is 16.6 Å². The molecule has 148 valence electrons. The van der Waals surface area contributed by atoms with Crippen LogP contribution in [-0.4, -0.2) is 32.1 Å². The molecule has 0 aromatic heterocycles. The third-order valence-electron chi connectivity index (χ3n) is 4.11. The van der Waals surface area contributed by atoms with Gasteiger partial charge >= 0.3 is 5.97 Å². The number of sulfonamides is 1. The number of benzene rings is 2. The maximum atomic E-state index is 12.5. The fraction of sp³-hybridized carbons (Fsp3) is 0.286. The van der Waals surface area contributed by atoms with Crippen molar-refractivity contribution in [3.63, 3.8) is 0 Å². The highest BCUT2D eigenvalue weighted by atomic mass is 32.2. The van der Waals surface area contributed by atoms with Crippen molar-refractivity contribution in [3.05, 3.63) is 65.2 Å². The first-order valence-electron chi connectivity index (χ1n) is 8.96. The lowest BCUT2D eigenvalue weighted by Gasteiger charge is -2.14. The summed E-state index contributed by atoms with van der Waals surface area (Å²) in [5.41, 5.74) is 8.07. The van der Waals surface area contributed by atoms with E-state index in [1.165, 1.54) is 12.1 Å². The molecule has 0 radical (unpaired) electrons. The SMILES string of the molecule is Cc1ccc(C#Cc2ccc(S(=O)(=O)N[C@H](CCCCN)C(=O)O)cc2)cc1. The first-order valence-corrected chi connectivity index (χ1v) is 10.4. The molecule has 0 unspecified atom stereocenters. The van der Waals surface area contributed by atoms with E-state index in [1.54, 1.807) is 12.1 Å². The van der Waals surface area contributed by atoms with Gasteiger partial charge in [0.05, 0.1) is 4.90 Å². The van der Waals surface area contributed by atoms with E-state index in [4.69, 9.17) is 5.73 Å². The van der Waals surface area contributed by atoms with Crippen LogP contribution in [0.4, 0.5) is 0 Å². The number of nitrogens with two attached hydrogens (primary N) is 1. The van der Waals surface area contributed by atoms with Gasteiger partial charge < -0.3 is 10.8 Å². The van der Waals surface area contributed by atoms with Crippen molar-refractivity contribution in [1.82, 2.24) is 4.72 Å². The normalized spacial score (nSPS) is 12.1. The molecule has 0 spiro atoms. The quantitative estimate of drug-likeness (QED) is 0.465. The molecule has 7 heteroatoms. The van der Waals surface area contributed by atoms with Gasteiger partial charge in [-0.2, -0.15) is 4.72 Å². The lowest BCUT2D eigenvalue weighted by molar-refractivity contribution is -0.139. The Morgan fingerprint density at radius 3 is 2.07 bits per heavy atom. The maximum Gasteiger partial charge on any atom is 0.321 e. The van der Waals surface area contributed by atoms with Crippen molar-refractivity contribution < 1.29 is 18.3 Å². The van der Waals surface area contributed by atoms with E-state index in [1.807, 2.05) is 31.2 Å². The van der Waals surface area contributed by atoms with Crippen LogP contribution in [0.1, 0.15) is 36.0 Å². The predicted octanol–water partition coefficient (Wildman–Crippen LogP) is 2.26. The Bertz CT molecular complexity index is 956. The first-order chi connectivity index (χ1) is 13.3. The average molecular weight is 401 g/mol. The topological polar surface area (TPSA) is 109 Å². The number of carboxylic acid groups (broad SMARTS) is 1. The summed E-state index contributed by atoms with van der Waals surface area (Å²) in [5, 5.41) is 9.25.